The van der Waals surface area contributed by atoms with Crippen molar-refractivity contribution in [2.75, 3.05) is 13.6 Å². The van der Waals surface area contributed by atoms with Gasteiger partial charge in [-0.1, -0.05) is 12.1 Å². The molecule has 0 aromatic carbocycles. The molecular formula is C12H22N4O3. The monoisotopic (exact) mass is 270 g/mol. The molecule has 0 bridgehead atoms. The van der Waals surface area contributed by atoms with Crippen LogP contribution in [-0.2, 0) is 9.59 Å². The summed E-state index contributed by atoms with van der Waals surface area (Å²) in [6.07, 6.45) is 2.87. The number of piperidine rings is 1. The van der Waals surface area contributed by atoms with Crippen LogP contribution in [0.15, 0.2) is 5.16 Å². The zero-order chi connectivity index (χ0) is 14.4. The van der Waals surface area contributed by atoms with Crippen LogP contribution >= 0.6 is 0 Å². The van der Waals surface area contributed by atoms with Crippen LogP contribution in [0.25, 0.3) is 0 Å². The number of hydrogen-bond acceptors (Lipinski definition) is 4. The third-order valence-corrected chi connectivity index (χ3v) is 3.51. The Balaban J connectivity index is 2.90. The van der Waals surface area contributed by atoms with E-state index in [9.17, 15) is 9.59 Å². The molecule has 1 rings (SSSR count). The molecule has 2 atom stereocenters. The molecule has 1 aliphatic rings. The smallest absolute Gasteiger partial charge is 0.242 e. The Bertz CT molecular complexity index is 370. The maximum absolute atomic E-state index is 12.4. The van der Waals surface area contributed by atoms with Crippen molar-refractivity contribution in [1.82, 2.24) is 10.2 Å². The van der Waals surface area contributed by atoms with E-state index in [2.05, 4.69) is 10.5 Å². The lowest BCUT2D eigenvalue weighted by Gasteiger charge is -2.36. The second-order valence-electron chi connectivity index (χ2n) is 4.64. The summed E-state index contributed by atoms with van der Waals surface area (Å²) in [5.41, 5.74) is 5.54. The van der Waals surface area contributed by atoms with Crippen LogP contribution < -0.4 is 11.1 Å². The van der Waals surface area contributed by atoms with E-state index in [4.69, 9.17) is 10.9 Å². The van der Waals surface area contributed by atoms with Crippen molar-refractivity contribution in [3.8, 4) is 0 Å². The third-order valence-electron chi connectivity index (χ3n) is 3.51. The van der Waals surface area contributed by atoms with Crippen LogP contribution in [0, 0.1) is 5.92 Å². The van der Waals surface area contributed by atoms with Gasteiger partial charge in [-0.2, -0.15) is 0 Å². The summed E-state index contributed by atoms with van der Waals surface area (Å²) in [7, 11) is 1.56. The lowest BCUT2D eigenvalue weighted by atomic mass is 9.96. The summed E-state index contributed by atoms with van der Waals surface area (Å²) in [5.74, 6) is -1.18. The predicted octanol–water partition coefficient (Wildman–Crippen LogP) is -0.114. The Labute approximate surface area is 112 Å². The molecule has 1 heterocycles. The zero-order valence-corrected chi connectivity index (χ0v) is 11.4. The second-order valence-corrected chi connectivity index (χ2v) is 4.64. The highest BCUT2D eigenvalue weighted by Gasteiger charge is 2.35. The summed E-state index contributed by atoms with van der Waals surface area (Å²) in [4.78, 5) is 25.8. The average molecular weight is 270 g/mol. The summed E-state index contributed by atoms with van der Waals surface area (Å²) in [6, 6.07) is -0.452. The molecular weight excluding hydrogens is 248 g/mol. The highest BCUT2D eigenvalue weighted by atomic mass is 16.4. The molecule has 0 aliphatic carbocycles. The summed E-state index contributed by atoms with van der Waals surface area (Å²) in [5, 5.41) is 14.2. The summed E-state index contributed by atoms with van der Waals surface area (Å²) in [6.45, 7) is 2.32. The molecule has 1 fully saturated rings. The van der Waals surface area contributed by atoms with Gasteiger partial charge in [0.2, 0.25) is 11.8 Å². The van der Waals surface area contributed by atoms with Gasteiger partial charge in [0.1, 0.15) is 6.04 Å². The molecule has 0 aromatic rings. The molecule has 0 spiro atoms. The Morgan fingerprint density at radius 3 is 2.74 bits per heavy atom. The van der Waals surface area contributed by atoms with Gasteiger partial charge in [-0.3, -0.25) is 9.59 Å². The number of nitrogens with one attached hydrogen (secondary N) is 1. The minimum absolute atomic E-state index is 0.103. The lowest BCUT2D eigenvalue weighted by Crippen LogP contribution is -2.54. The van der Waals surface area contributed by atoms with Crippen molar-refractivity contribution in [1.29, 1.82) is 0 Å². The maximum Gasteiger partial charge on any atom is 0.242 e. The van der Waals surface area contributed by atoms with Crippen molar-refractivity contribution < 1.29 is 14.8 Å². The van der Waals surface area contributed by atoms with Crippen LogP contribution in [-0.4, -0.2) is 47.4 Å². The van der Waals surface area contributed by atoms with Gasteiger partial charge >= 0.3 is 0 Å². The molecule has 2 unspecified atom stereocenters. The van der Waals surface area contributed by atoms with Gasteiger partial charge in [0.25, 0.3) is 0 Å². The highest BCUT2D eigenvalue weighted by molar-refractivity contribution is 6.03. The maximum atomic E-state index is 12.4. The minimum Gasteiger partial charge on any atom is -0.409 e. The number of likely N-dealkylation sites (tertiary alicyclic amines) is 1. The van der Waals surface area contributed by atoms with E-state index in [1.807, 2.05) is 0 Å². The van der Waals surface area contributed by atoms with E-state index in [-0.39, 0.29) is 17.6 Å². The fourth-order valence-corrected chi connectivity index (χ4v) is 2.41. The van der Waals surface area contributed by atoms with E-state index < -0.39 is 12.0 Å². The van der Waals surface area contributed by atoms with Crippen LogP contribution in [0.2, 0.25) is 0 Å². The van der Waals surface area contributed by atoms with Gasteiger partial charge in [0.15, 0.2) is 5.84 Å². The Morgan fingerprint density at radius 1 is 1.53 bits per heavy atom. The van der Waals surface area contributed by atoms with Crippen LogP contribution in [0.5, 0.6) is 0 Å². The Morgan fingerprint density at radius 2 is 2.21 bits per heavy atom. The van der Waals surface area contributed by atoms with Gasteiger partial charge in [-0.25, -0.2) is 0 Å². The number of carbonyl (C=O) groups excluding carboxylic acids is 2. The fourth-order valence-electron chi connectivity index (χ4n) is 2.41. The highest BCUT2D eigenvalue weighted by Crippen LogP contribution is 2.21. The molecule has 19 heavy (non-hydrogen) atoms. The van der Waals surface area contributed by atoms with E-state index >= 15 is 0 Å². The molecule has 7 heteroatoms. The van der Waals surface area contributed by atoms with E-state index in [0.717, 1.165) is 12.8 Å². The number of rotatable bonds is 4. The van der Waals surface area contributed by atoms with Crippen LogP contribution in [0.1, 0.15) is 32.6 Å². The van der Waals surface area contributed by atoms with Crippen molar-refractivity contribution in [3.05, 3.63) is 0 Å². The largest absolute Gasteiger partial charge is 0.409 e. The number of carbonyl (C=O) groups is 2. The van der Waals surface area contributed by atoms with E-state index in [1.165, 1.54) is 0 Å². The van der Waals surface area contributed by atoms with Crippen LogP contribution in [0.4, 0.5) is 0 Å². The number of nitrogens with zero attached hydrogens (tertiary/aromatic N) is 2. The van der Waals surface area contributed by atoms with Gasteiger partial charge in [-0.15, -0.1) is 0 Å². The molecule has 1 saturated heterocycles. The zero-order valence-electron chi connectivity index (χ0n) is 11.4. The molecule has 0 aromatic heterocycles. The fraction of sp³-hybridized carbons (Fsp3) is 0.750. The number of amides is 2. The molecule has 0 saturated carbocycles. The molecule has 4 N–H and O–H groups in total. The Hall–Kier alpha value is -1.79. The normalized spacial score (nSPS) is 21.9. The number of nitrogens with two attached hydrogens (primary N) is 1. The van der Waals surface area contributed by atoms with Crippen molar-refractivity contribution in [2.24, 2.45) is 16.8 Å². The quantitative estimate of drug-likeness (QED) is 0.286. The molecule has 108 valence electrons. The van der Waals surface area contributed by atoms with Crippen LogP contribution in [0.3, 0.4) is 0 Å². The summed E-state index contributed by atoms with van der Waals surface area (Å²) >= 11 is 0. The average Bonchev–Trinajstić information content (AvgIpc) is 2.46. The Kier molecular flexibility index (Phi) is 5.59. The third kappa shape index (κ3) is 3.36. The lowest BCUT2D eigenvalue weighted by molar-refractivity contribution is -0.143. The van der Waals surface area contributed by atoms with Crippen molar-refractivity contribution in [3.63, 3.8) is 0 Å². The first kappa shape index (κ1) is 15.3. The molecule has 1 aliphatic heterocycles. The first-order valence-corrected chi connectivity index (χ1v) is 6.56. The van der Waals surface area contributed by atoms with Gasteiger partial charge in [0.05, 0.1) is 5.92 Å². The summed E-state index contributed by atoms with van der Waals surface area (Å²) < 4.78 is 0. The number of likely N-dealkylation sites (N-methyl/N-ethyl adjacent to an activating group) is 1. The molecule has 0 radical (unpaired) electrons. The SMILES string of the molecule is CCC(C(=O)N1CCCCC1C(=O)NC)C(N)=NO. The molecule has 7 nitrogen and oxygen atoms in total. The second kappa shape index (κ2) is 6.96. The van der Waals surface area contributed by atoms with Gasteiger partial charge < -0.3 is 21.2 Å². The van der Waals surface area contributed by atoms with E-state index in [0.29, 0.717) is 19.4 Å². The van der Waals surface area contributed by atoms with Gasteiger partial charge in [0, 0.05) is 13.6 Å². The first-order valence-electron chi connectivity index (χ1n) is 6.56. The molecule has 2 amide bonds. The number of oxime groups is 1. The first-order chi connectivity index (χ1) is 9.06. The standard InChI is InChI=1S/C12H22N4O3/c1-3-8(10(13)15-19)12(18)16-7-5-4-6-9(16)11(17)14-2/h8-9,19H,3-7H2,1-2H3,(H2,13,15)(H,14,17). The van der Waals surface area contributed by atoms with Gasteiger partial charge in [-0.05, 0) is 25.7 Å². The predicted molar refractivity (Wildman–Crippen MR) is 70.6 cm³/mol. The van der Waals surface area contributed by atoms with Crippen molar-refractivity contribution in [2.45, 2.75) is 38.6 Å². The number of hydrogen-bond donors (Lipinski definition) is 3. The topological polar surface area (TPSA) is 108 Å². The van der Waals surface area contributed by atoms with E-state index in [1.54, 1.807) is 18.9 Å². The number of amidine groups is 1. The van der Waals surface area contributed by atoms with Crippen molar-refractivity contribution >= 4 is 17.6 Å². The minimum atomic E-state index is -0.671.